The van der Waals surface area contributed by atoms with Crippen molar-refractivity contribution >= 4 is 23.4 Å². The predicted octanol–water partition coefficient (Wildman–Crippen LogP) is 3.76. The van der Waals surface area contributed by atoms with Crippen LogP contribution in [-0.2, 0) is 4.79 Å². The Morgan fingerprint density at radius 1 is 1.11 bits per heavy atom. The van der Waals surface area contributed by atoms with Crippen LogP contribution in [0.1, 0.15) is 0 Å². The van der Waals surface area contributed by atoms with Crippen LogP contribution >= 0.6 is 11.8 Å². The van der Waals surface area contributed by atoms with Crippen LogP contribution in [0.15, 0.2) is 46.0 Å². The number of rotatable bonds is 7. The first-order chi connectivity index (χ1) is 13.5. The Labute approximate surface area is 163 Å². The lowest BCUT2D eigenvalue weighted by atomic mass is 10.2. The number of nitrogens with one attached hydrogen (secondary N) is 1. The van der Waals surface area contributed by atoms with E-state index in [0.717, 1.165) is 23.9 Å². The minimum atomic E-state index is -0.856. The number of hydrogen-bond donors (Lipinski definition) is 1. The highest BCUT2D eigenvalue weighted by Crippen LogP contribution is 2.30. The summed E-state index contributed by atoms with van der Waals surface area (Å²) in [4.78, 5) is 12.0. The van der Waals surface area contributed by atoms with E-state index in [4.69, 9.17) is 13.9 Å². The van der Waals surface area contributed by atoms with Crippen LogP contribution in [0.5, 0.6) is 11.5 Å². The largest absolute Gasteiger partial charge is 0.497 e. The van der Waals surface area contributed by atoms with Gasteiger partial charge in [0.2, 0.25) is 11.8 Å². The number of nitrogens with zero attached hydrogens (tertiary/aromatic N) is 2. The lowest BCUT2D eigenvalue weighted by Crippen LogP contribution is -2.15. The molecule has 1 aromatic heterocycles. The fourth-order valence-corrected chi connectivity index (χ4v) is 2.78. The maximum Gasteiger partial charge on any atom is 0.277 e. The Hall–Kier alpha value is -3.14. The molecule has 0 spiro atoms. The highest BCUT2D eigenvalue weighted by atomic mass is 32.2. The first kappa shape index (κ1) is 19.6. The van der Waals surface area contributed by atoms with Crippen molar-refractivity contribution in [1.82, 2.24) is 10.2 Å². The maximum absolute atomic E-state index is 13.6. The fourth-order valence-electron chi connectivity index (χ4n) is 2.22. The minimum absolute atomic E-state index is 0.0973. The molecule has 0 aliphatic heterocycles. The predicted molar refractivity (Wildman–Crippen MR) is 98.5 cm³/mol. The Bertz CT molecular complexity index is 974. The molecular formula is C18H15F2N3O4S. The molecule has 28 heavy (non-hydrogen) atoms. The smallest absolute Gasteiger partial charge is 0.277 e. The molecule has 0 saturated heterocycles. The summed E-state index contributed by atoms with van der Waals surface area (Å²) in [6, 6.07) is 8.00. The lowest BCUT2D eigenvalue weighted by Gasteiger charge is -2.06. The van der Waals surface area contributed by atoms with Gasteiger partial charge in [0.05, 0.1) is 25.7 Å². The molecule has 3 aromatic rings. The number of thioether (sulfide) groups is 1. The van der Waals surface area contributed by atoms with E-state index < -0.39 is 17.5 Å². The molecular weight excluding hydrogens is 392 g/mol. The topological polar surface area (TPSA) is 86.5 Å². The number of methoxy groups -OCH3 is 2. The van der Waals surface area contributed by atoms with Crippen molar-refractivity contribution < 1.29 is 27.5 Å². The Balaban J connectivity index is 1.64. The van der Waals surface area contributed by atoms with Gasteiger partial charge < -0.3 is 19.2 Å². The average molecular weight is 407 g/mol. The molecule has 7 nitrogen and oxygen atoms in total. The molecule has 0 radical (unpaired) electrons. The molecule has 2 aromatic carbocycles. The first-order valence-corrected chi connectivity index (χ1v) is 8.91. The van der Waals surface area contributed by atoms with Crippen LogP contribution < -0.4 is 14.8 Å². The van der Waals surface area contributed by atoms with Gasteiger partial charge in [-0.05, 0) is 24.3 Å². The molecule has 0 bridgehead atoms. The third-order valence-electron chi connectivity index (χ3n) is 3.54. The quantitative estimate of drug-likeness (QED) is 0.597. The molecule has 0 saturated carbocycles. The van der Waals surface area contributed by atoms with Gasteiger partial charge in [-0.15, -0.1) is 10.2 Å². The van der Waals surface area contributed by atoms with E-state index in [1.54, 1.807) is 18.2 Å². The van der Waals surface area contributed by atoms with Crippen molar-refractivity contribution in [3.05, 3.63) is 48.0 Å². The zero-order chi connectivity index (χ0) is 20.1. The number of carbonyl (C=O) groups is 1. The van der Waals surface area contributed by atoms with Gasteiger partial charge in [-0.25, -0.2) is 8.78 Å². The molecule has 1 N–H and O–H groups in total. The van der Waals surface area contributed by atoms with Gasteiger partial charge in [-0.1, -0.05) is 11.8 Å². The van der Waals surface area contributed by atoms with E-state index in [1.807, 2.05) is 0 Å². The van der Waals surface area contributed by atoms with Crippen LogP contribution in [0.4, 0.5) is 14.5 Å². The highest BCUT2D eigenvalue weighted by Gasteiger charge is 2.14. The van der Waals surface area contributed by atoms with Gasteiger partial charge in [-0.2, -0.15) is 0 Å². The van der Waals surface area contributed by atoms with Gasteiger partial charge in [0.1, 0.15) is 23.1 Å². The maximum atomic E-state index is 13.6. The fraction of sp³-hybridized carbons (Fsp3) is 0.167. The van der Waals surface area contributed by atoms with Crippen molar-refractivity contribution in [3.8, 4) is 23.0 Å². The summed E-state index contributed by atoms with van der Waals surface area (Å²) >= 11 is 0.981. The van der Waals surface area contributed by atoms with Crippen LogP contribution in [0.25, 0.3) is 11.5 Å². The average Bonchev–Trinajstić information content (AvgIpc) is 3.17. The monoisotopic (exact) mass is 407 g/mol. The van der Waals surface area contributed by atoms with E-state index in [9.17, 15) is 13.6 Å². The summed E-state index contributed by atoms with van der Waals surface area (Å²) in [5, 5.41) is 10.3. The van der Waals surface area contributed by atoms with Gasteiger partial charge in [0, 0.05) is 17.7 Å². The summed E-state index contributed by atoms with van der Waals surface area (Å²) in [5.41, 5.74) is 0.482. The van der Waals surface area contributed by atoms with Gasteiger partial charge in [0.25, 0.3) is 5.22 Å². The lowest BCUT2D eigenvalue weighted by molar-refractivity contribution is -0.113. The van der Waals surface area contributed by atoms with Crippen LogP contribution in [-0.4, -0.2) is 36.1 Å². The molecule has 0 unspecified atom stereocenters. The number of carbonyl (C=O) groups excluding carboxylic acids is 1. The number of amides is 1. The van der Waals surface area contributed by atoms with E-state index in [1.165, 1.54) is 14.2 Å². The van der Waals surface area contributed by atoms with Crippen molar-refractivity contribution in [2.24, 2.45) is 0 Å². The third kappa shape index (κ3) is 4.77. The minimum Gasteiger partial charge on any atom is -0.497 e. The Kier molecular flexibility index (Phi) is 6.09. The molecule has 10 heteroatoms. The highest BCUT2D eigenvalue weighted by molar-refractivity contribution is 7.99. The zero-order valence-corrected chi connectivity index (χ0v) is 15.7. The van der Waals surface area contributed by atoms with Crippen molar-refractivity contribution in [3.63, 3.8) is 0 Å². The van der Waals surface area contributed by atoms with Crippen molar-refractivity contribution in [1.29, 1.82) is 0 Å². The van der Waals surface area contributed by atoms with E-state index >= 15 is 0 Å². The molecule has 146 valence electrons. The molecule has 0 aliphatic carbocycles. The van der Waals surface area contributed by atoms with Gasteiger partial charge in [0.15, 0.2) is 0 Å². The molecule has 0 fully saturated rings. The number of hydrogen-bond acceptors (Lipinski definition) is 7. The second kappa shape index (κ2) is 8.70. The number of benzene rings is 2. The number of ether oxygens (including phenoxy) is 2. The zero-order valence-electron chi connectivity index (χ0n) is 14.9. The SMILES string of the molecule is COc1cc(OC)cc(-c2nnc(SCC(=O)Nc3ccc(F)cc3F)o2)c1. The molecule has 0 atom stereocenters. The Morgan fingerprint density at radius 3 is 2.46 bits per heavy atom. The summed E-state index contributed by atoms with van der Waals surface area (Å²) in [5.74, 6) is -0.837. The second-order valence-electron chi connectivity index (χ2n) is 5.44. The molecule has 1 heterocycles. The van der Waals surface area contributed by atoms with Crippen LogP contribution in [0, 0.1) is 11.6 Å². The third-order valence-corrected chi connectivity index (χ3v) is 4.36. The van der Waals surface area contributed by atoms with Gasteiger partial charge in [-0.3, -0.25) is 4.79 Å². The van der Waals surface area contributed by atoms with E-state index in [-0.39, 0.29) is 22.6 Å². The normalized spacial score (nSPS) is 10.6. The van der Waals surface area contributed by atoms with Crippen molar-refractivity contribution in [2.45, 2.75) is 5.22 Å². The molecule has 0 aliphatic rings. The first-order valence-electron chi connectivity index (χ1n) is 7.93. The summed E-state index contributed by atoms with van der Waals surface area (Å²) in [6.07, 6.45) is 0. The van der Waals surface area contributed by atoms with Gasteiger partial charge >= 0.3 is 0 Å². The molecule has 1 amide bonds. The molecule has 3 rings (SSSR count). The number of anilines is 1. The summed E-state index contributed by atoms with van der Waals surface area (Å²) in [6.45, 7) is 0. The van der Waals surface area contributed by atoms with Crippen LogP contribution in [0.2, 0.25) is 0 Å². The van der Waals surface area contributed by atoms with E-state index in [0.29, 0.717) is 23.1 Å². The van der Waals surface area contributed by atoms with Crippen molar-refractivity contribution in [2.75, 3.05) is 25.3 Å². The summed E-state index contributed by atoms with van der Waals surface area (Å²) < 4.78 is 42.4. The Morgan fingerprint density at radius 2 is 1.82 bits per heavy atom. The number of aromatic nitrogens is 2. The standard InChI is InChI=1S/C18H15F2N3O4S/c1-25-12-5-10(6-13(8-12)26-2)17-22-23-18(27-17)28-9-16(24)21-15-4-3-11(19)7-14(15)20/h3-8H,9H2,1-2H3,(H,21,24). The second-order valence-corrected chi connectivity index (χ2v) is 6.36. The van der Waals surface area contributed by atoms with E-state index in [2.05, 4.69) is 15.5 Å². The number of halogens is 2. The summed E-state index contributed by atoms with van der Waals surface area (Å²) in [7, 11) is 3.05. The van der Waals surface area contributed by atoms with Crippen LogP contribution in [0.3, 0.4) is 0 Å².